The van der Waals surface area contributed by atoms with E-state index in [2.05, 4.69) is 51.2 Å². The van der Waals surface area contributed by atoms with E-state index in [0.29, 0.717) is 11.5 Å². The first-order valence-corrected chi connectivity index (χ1v) is 14.2. The van der Waals surface area contributed by atoms with E-state index in [1.54, 1.807) is 6.07 Å². The molecule has 2 aromatic carbocycles. The van der Waals surface area contributed by atoms with Crippen LogP contribution in [0.5, 0.6) is 0 Å². The van der Waals surface area contributed by atoms with E-state index < -0.39 is 17.5 Å². The molecule has 3 aromatic rings. The van der Waals surface area contributed by atoms with Gasteiger partial charge in [-0.25, -0.2) is 4.79 Å². The van der Waals surface area contributed by atoms with Gasteiger partial charge >= 0.3 is 6.03 Å². The molecule has 6 heteroatoms. The SMILES string of the molecule is CC(C)c1ccc(C(NC(N)=O)(c2cccc(C(N)=O)c2)C(c2ccccn2)C2CCCCC2)c(C(C)C)c1. The van der Waals surface area contributed by atoms with Crippen LogP contribution in [-0.4, -0.2) is 16.9 Å². The van der Waals surface area contributed by atoms with Crippen LogP contribution in [0.1, 0.15) is 116 Å². The molecule has 1 fully saturated rings. The molecule has 1 heterocycles. The van der Waals surface area contributed by atoms with Crippen molar-refractivity contribution in [1.82, 2.24) is 10.3 Å². The Morgan fingerprint density at radius 3 is 2.23 bits per heavy atom. The van der Waals surface area contributed by atoms with Gasteiger partial charge in [0.1, 0.15) is 5.54 Å². The van der Waals surface area contributed by atoms with Crippen molar-refractivity contribution in [2.45, 2.75) is 83.1 Å². The number of nitrogens with one attached hydrogen (secondary N) is 1. The van der Waals surface area contributed by atoms with Crippen molar-refractivity contribution in [3.8, 4) is 0 Å². The maximum Gasteiger partial charge on any atom is 0.313 e. The summed E-state index contributed by atoms with van der Waals surface area (Å²) in [7, 11) is 0. The number of amides is 3. The number of primary amides is 2. The zero-order chi connectivity index (χ0) is 28.2. The van der Waals surface area contributed by atoms with Gasteiger partial charge in [0.05, 0.1) is 0 Å². The monoisotopic (exact) mass is 526 g/mol. The number of nitrogens with two attached hydrogens (primary N) is 2. The normalized spacial score (nSPS) is 16.6. The molecule has 0 aliphatic heterocycles. The van der Waals surface area contributed by atoms with Crippen LogP contribution < -0.4 is 16.8 Å². The molecular formula is C33H42N4O2. The number of benzene rings is 2. The molecular weight excluding hydrogens is 484 g/mol. The van der Waals surface area contributed by atoms with Crippen LogP contribution in [0.25, 0.3) is 0 Å². The second-order valence-corrected chi connectivity index (χ2v) is 11.5. The predicted molar refractivity (Wildman–Crippen MR) is 157 cm³/mol. The molecule has 1 saturated carbocycles. The van der Waals surface area contributed by atoms with Gasteiger partial charge in [0.15, 0.2) is 0 Å². The molecule has 3 amide bonds. The Kier molecular flexibility index (Phi) is 8.73. The molecule has 1 aromatic heterocycles. The number of hydrogen-bond donors (Lipinski definition) is 3. The molecule has 0 radical (unpaired) electrons. The van der Waals surface area contributed by atoms with Crippen molar-refractivity contribution >= 4 is 11.9 Å². The molecule has 39 heavy (non-hydrogen) atoms. The molecule has 0 spiro atoms. The topological polar surface area (TPSA) is 111 Å². The van der Waals surface area contributed by atoms with Crippen LogP contribution in [0.15, 0.2) is 66.9 Å². The van der Waals surface area contributed by atoms with Gasteiger partial charge in [-0.1, -0.05) is 83.4 Å². The predicted octanol–water partition coefficient (Wildman–Crippen LogP) is 6.70. The van der Waals surface area contributed by atoms with E-state index in [1.807, 2.05) is 42.6 Å². The summed E-state index contributed by atoms with van der Waals surface area (Å²) >= 11 is 0. The maximum absolute atomic E-state index is 13.1. The summed E-state index contributed by atoms with van der Waals surface area (Å²) in [6.07, 6.45) is 7.26. The molecule has 1 aliphatic carbocycles. The molecule has 1 aliphatic rings. The molecule has 0 bridgehead atoms. The standard InChI is InChI=1S/C33H42N4O2/c1-21(2)24-16-17-28(27(20-24)22(3)4)33(37-32(35)39,26-14-10-13-25(19-26)31(34)38)30(23-11-6-5-7-12-23)29-15-8-9-18-36-29/h8-10,13-23,30H,5-7,11-12H2,1-4H3,(H2,34,38)(H3,35,37,39). The number of carbonyl (C=O) groups is 2. The third kappa shape index (κ3) is 5.85. The highest BCUT2D eigenvalue weighted by atomic mass is 16.2. The fourth-order valence-electron chi connectivity index (χ4n) is 6.45. The quantitative estimate of drug-likeness (QED) is 0.288. The van der Waals surface area contributed by atoms with E-state index in [9.17, 15) is 9.59 Å². The number of urea groups is 1. The van der Waals surface area contributed by atoms with E-state index in [0.717, 1.165) is 48.1 Å². The van der Waals surface area contributed by atoms with Crippen LogP contribution >= 0.6 is 0 Å². The lowest BCUT2D eigenvalue weighted by Gasteiger charge is -2.47. The minimum atomic E-state index is -1.08. The first-order valence-electron chi connectivity index (χ1n) is 14.2. The molecule has 206 valence electrons. The van der Waals surface area contributed by atoms with Gasteiger partial charge in [-0.05, 0) is 77.1 Å². The Hall–Kier alpha value is -3.67. The number of aromatic nitrogens is 1. The lowest BCUT2D eigenvalue weighted by molar-refractivity contribution is 0.1000. The van der Waals surface area contributed by atoms with E-state index >= 15 is 0 Å². The summed E-state index contributed by atoms with van der Waals surface area (Å²) in [5.74, 6) is 0.0108. The summed E-state index contributed by atoms with van der Waals surface area (Å²) < 4.78 is 0. The minimum absolute atomic E-state index is 0.169. The number of nitrogens with zero attached hydrogens (tertiary/aromatic N) is 1. The number of rotatable bonds is 9. The first kappa shape index (κ1) is 28.3. The highest BCUT2D eigenvalue weighted by Crippen LogP contribution is 2.52. The third-order valence-electron chi connectivity index (χ3n) is 8.31. The minimum Gasteiger partial charge on any atom is -0.366 e. The third-order valence-corrected chi connectivity index (χ3v) is 8.31. The zero-order valence-electron chi connectivity index (χ0n) is 23.6. The van der Waals surface area contributed by atoms with Crippen LogP contribution in [-0.2, 0) is 5.54 Å². The van der Waals surface area contributed by atoms with Gasteiger partial charge in [-0.2, -0.15) is 0 Å². The summed E-state index contributed by atoms with van der Waals surface area (Å²) in [6, 6.07) is 19.2. The Bertz CT molecular complexity index is 1300. The number of carbonyl (C=O) groups excluding carboxylic acids is 2. The summed E-state index contributed by atoms with van der Waals surface area (Å²) in [5, 5.41) is 3.28. The van der Waals surface area contributed by atoms with Crippen LogP contribution in [0.2, 0.25) is 0 Å². The van der Waals surface area contributed by atoms with E-state index in [-0.39, 0.29) is 17.8 Å². The summed E-state index contributed by atoms with van der Waals surface area (Å²) in [5.41, 5.74) is 16.1. The second-order valence-electron chi connectivity index (χ2n) is 11.5. The van der Waals surface area contributed by atoms with Gasteiger partial charge in [0, 0.05) is 23.4 Å². The lowest BCUT2D eigenvalue weighted by Crippen LogP contribution is -2.55. The van der Waals surface area contributed by atoms with Crippen LogP contribution in [0, 0.1) is 5.92 Å². The summed E-state index contributed by atoms with van der Waals surface area (Å²) in [4.78, 5) is 30.3. The molecule has 4 rings (SSSR count). The second kappa shape index (κ2) is 12.0. The Morgan fingerprint density at radius 1 is 0.897 bits per heavy atom. The Morgan fingerprint density at radius 2 is 1.64 bits per heavy atom. The summed E-state index contributed by atoms with van der Waals surface area (Å²) in [6.45, 7) is 8.72. The first-order chi connectivity index (χ1) is 18.6. The van der Waals surface area contributed by atoms with E-state index in [4.69, 9.17) is 16.5 Å². The fourth-order valence-corrected chi connectivity index (χ4v) is 6.45. The lowest BCUT2D eigenvalue weighted by atomic mass is 9.61. The average Bonchev–Trinajstić information content (AvgIpc) is 2.93. The zero-order valence-corrected chi connectivity index (χ0v) is 23.6. The van der Waals surface area contributed by atoms with Crippen molar-refractivity contribution in [3.63, 3.8) is 0 Å². The Balaban J connectivity index is 2.16. The highest BCUT2D eigenvalue weighted by molar-refractivity contribution is 5.93. The van der Waals surface area contributed by atoms with Gasteiger partial charge in [-0.3, -0.25) is 9.78 Å². The molecule has 6 nitrogen and oxygen atoms in total. The van der Waals surface area contributed by atoms with Gasteiger partial charge in [-0.15, -0.1) is 0 Å². The number of hydrogen-bond acceptors (Lipinski definition) is 3. The Labute approximate surface area is 232 Å². The molecule has 2 atom stereocenters. The van der Waals surface area contributed by atoms with Crippen molar-refractivity contribution in [2.75, 3.05) is 0 Å². The average molecular weight is 527 g/mol. The smallest absolute Gasteiger partial charge is 0.313 e. The fraction of sp³-hybridized carbons (Fsp3) is 0.424. The largest absolute Gasteiger partial charge is 0.366 e. The van der Waals surface area contributed by atoms with Gasteiger partial charge < -0.3 is 16.8 Å². The van der Waals surface area contributed by atoms with Crippen molar-refractivity contribution in [1.29, 1.82) is 0 Å². The van der Waals surface area contributed by atoms with Crippen molar-refractivity contribution < 1.29 is 9.59 Å². The molecule has 2 unspecified atom stereocenters. The van der Waals surface area contributed by atoms with Crippen LogP contribution in [0.4, 0.5) is 4.79 Å². The van der Waals surface area contributed by atoms with Crippen molar-refractivity contribution in [2.24, 2.45) is 17.4 Å². The van der Waals surface area contributed by atoms with Crippen molar-refractivity contribution in [3.05, 3.63) is 100 Å². The van der Waals surface area contributed by atoms with E-state index in [1.165, 1.54) is 12.0 Å². The number of pyridine rings is 1. The highest BCUT2D eigenvalue weighted by Gasteiger charge is 2.49. The van der Waals surface area contributed by atoms with Gasteiger partial charge in [0.2, 0.25) is 5.91 Å². The molecule has 5 N–H and O–H groups in total. The molecule has 0 saturated heterocycles. The van der Waals surface area contributed by atoms with Crippen LogP contribution in [0.3, 0.4) is 0 Å². The maximum atomic E-state index is 13.1. The van der Waals surface area contributed by atoms with Gasteiger partial charge in [0.25, 0.3) is 0 Å².